The molecule has 0 fully saturated rings. The summed E-state index contributed by atoms with van der Waals surface area (Å²) in [5.74, 6) is 0. The Morgan fingerprint density at radius 2 is 1.45 bits per heavy atom. The van der Waals surface area contributed by atoms with E-state index >= 15 is 0 Å². The van der Waals surface area contributed by atoms with E-state index in [1.807, 2.05) is 64.1 Å². The number of ether oxygens (including phenoxy) is 1. The van der Waals surface area contributed by atoms with Gasteiger partial charge in [0.1, 0.15) is 18.7 Å². The Labute approximate surface area is 230 Å². The quantitative estimate of drug-likeness (QED) is 0.382. The number of carbonyl (C=O) groups is 1. The summed E-state index contributed by atoms with van der Waals surface area (Å²) in [4.78, 5) is 13.4. The molecular weight excluding hydrogens is 522 g/mol. The predicted octanol–water partition coefficient (Wildman–Crippen LogP) is 6.13. The number of carbonyl (C=O) groups excluding carboxylic acids is 1. The van der Waals surface area contributed by atoms with Crippen LogP contribution in [0.3, 0.4) is 0 Å². The number of hydrogen-bond acceptors (Lipinski definition) is 5. The standard InChI is InChI=1S/C29H35ClN3O4S/c1-29(2,3)37-28(34)33(32(4)5)18-16-23-8-13-26(20-24(23)17-19-33)31-38(35,36)27-14-9-22(10-15-27)21-6-11-25(30)12-7-21/h6-15,20,31H,16-19H2,1-5H3/q+1. The van der Waals surface area contributed by atoms with Gasteiger partial charge in [0.05, 0.1) is 4.90 Å². The van der Waals surface area contributed by atoms with Crippen LogP contribution in [-0.2, 0) is 27.6 Å². The lowest BCUT2D eigenvalue weighted by Crippen LogP contribution is -2.63. The molecule has 202 valence electrons. The fourth-order valence-corrected chi connectivity index (χ4v) is 5.84. The molecule has 0 saturated carbocycles. The first kappa shape index (κ1) is 28.1. The third kappa shape index (κ3) is 6.21. The van der Waals surface area contributed by atoms with Crippen molar-refractivity contribution in [3.63, 3.8) is 0 Å². The number of sulfonamides is 1. The Balaban J connectivity index is 1.52. The first-order valence-electron chi connectivity index (χ1n) is 12.6. The molecule has 3 aromatic carbocycles. The zero-order valence-electron chi connectivity index (χ0n) is 22.5. The summed E-state index contributed by atoms with van der Waals surface area (Å²) in [5.41, 5.74) is 3.89. The normalized spacial score (nSPS) is 18.0. The van der Waals surface area contributed by atoms with Crippen LogP contribution < -0.4 is 4.72 Å². The van der Waals surface area contributed by atoms with E-state index in [-0.39, 0.29) is 15.6 Å². The van der Waals surface area contributed by atoms with Crippen molar-refractivity contribution in [3.8, 4) is 11.1 Å². The average molecular weight is 557 g/mol. The lowest BCUT2D eigenvalue weighted by molar-refractivity contribution is -0.965. The second-order valence-electron chi connectivity index (χ2n) is 10.8. The second kappa shape index (κ2) is 10.7. The first-order chi connectivity index (χ1) is 17.8. The topological polar surface area (TPSA) is 75.7 Å². The van der Waals surface area contributed by atoms with Gasteiger partial charge in [-0.15, -0.1) is 4.59 Å². The van der Waals surface area contributed by atoms with Crippen molar-refractivity contribution in [3.05, 3.63) is 82.9 Å². The molecule has 1 N–H and O–H groups in total. The summed E-state index contributed by atoms with van der Waals surface area (Å²) in [6.07, 6.45) is 1.00. The monoisotopic (exact) mass is 556 g/mol. The number of nitrogens with zero attached hydrogens (tertiary/aromatic N) is 2. The van der Waals surface area contributed by atoms with Gasteiger partial charge in [0.25, 0.3) is 10.0 Å². The molecule has 1 unspecified atom stereocenters. The van der Waals surface area contributed by atoms with Gasteiger partial charge >= 0.3 is 6.09 Å². The van der Waals surface area contributed by atoms with E-state index in [9.17, 15) is 13.2 Å². The number of halogens is 1. The van der Waals surface area contributed by atoms with Crippen LogP contribution in [0, 0.1) is 0 Å². The molecule has 1 heterocycles. The van der Waals surface area contributed by atoms with Gasteiger partial charge in [-0.05, 0) is 79.4 Å². The maximum atomic E-state index is 13.2. The summed E-state index contributed by atoms with van der Waals surface area (Å²) >= 11 is 5.97. The molecule has 0 radical (unpaired) electrons. The highest BCUT2D eigenvalue weighted by Crippen LogP contribution is 2.29. The van der Waals surface area contributed by atoms with Crippen molar-refractivity contribution in [2.75, 3.05) is 31.9 Å². The minimum absolute atomic E-state index is 0.0764. The molecule has 0 bridgehead atoms. The Morgan fingerprint density at radius 3 is 2.00 bits per heavy atom. The third-order valence-electron chi connectivity index (χ3n) is 6.80. The first-order valence-corrected chi connectivity index (χ1v) is 14.4. The van der Waals surface area contributed by atoms with E-state index in [1.54, 1.807) is 42.5 Å². The van der Waals surface area contributed by atoms with Gasteiger partial charge in [0.15, 0.2) is 0 Å². The summed E-state index contributed by atoms with van der Waals surface area (Å²) in [6, 6.07) is 19.8. The fraction of sp³-hybridized carbons (Fsp3) is 0.345. The number of fused-ring (bicyclic) bond motifs is 1. The lowest BCUT2D eigenvalue weighted by Gasteiger charge is -2.39. The van der Waals surface area contributed by atoms with Crippen LogP contribution in [0.4, 0.5) is 10.5 Å². The molecule has 9 heteroatoms. The van der Waals surface area contributed by atoms with E-state index in [0.29, 0.717) is 36.6 Å². The van der Waals surface area contributed by atoms with E-state index < -0.39 is 15.6 Å². The number of amides is 1. The molecular formula is C29H35ClN3O4S+. The predicted molar refractivity (Wildman–Crippen MR) is 151 cm³/mol. The van der Waals surface area contributed by atoms with Crippen LogP contribution in [0.1, 0.15) is 31.9 Å². The third-order valence-corrected chi connectivity index (χ3v) is 8.45. The van der Waals surface area contributed by atoms with E-state index in [2.05, 4.69) is 4.72 Å². The van der Waals surface area contributed by atoms with Crippen molar-refractivity contribution >= 4 is 33.4 Å². The summed E-state index contributed by atoms with van der Waals surface area (Å²) in [6.45, 7) is 6.70. The van der Waals surface area contributed by atoms with Gasteiger partial charge < -0.3 is 4.74 Å². The maximum absolute atomic E-state index is 13.2. The van der Waals surface area contributed by atoms with E-state index in [4.69, 9.17) is 16.3 Å². The molecule has 1 aliphatic heterocycles. The molecule has 0 aromatic heterocycles. The largest absolute Gasteiger partial charge is 0.536 e. The van der Waals surface area contributed by atoms with E-state index in [0.717, 1.165) is 22.3 Å². The number of nitrogens with one attached hydrogen (secondary N) is 1. The van der Waals surface area contributed by atoms with Crippen molar-refractivity contribution < 1.29 is 22.5 Å². The minimum atomic E-state index is -3.78. The average Bonchev–Trinajstić information content (AvgIpc) is 3.04. The lowest BCUT2D eigenvalue weighted by atomic mass is 10.0. The molecule has 3 aromatic rings. The summed E-state index contributed by atoms with van der Waals surface area (Å²) in [7, 11) is -0.00888. The zero-order valence-corrected chi connectivity index (χ0v) is 24.1. The van der Waals surface area contributed by atoms with E-state index in [1.165, 1.54) is 0 Å². The number of hydrogen-bond donors (Lipinski definition) is 1. The van der Waals surface area contributed by atoms with Crippen molar-refractivity contribution in [1.82, 2.24) is 5.01 Å². The summed E-state index contributed by atoms with van der Waals surface area (Å²) in [5, 5.41) is 2.55. The SMILES string of the molecule is CN(C)[N+]1(C(=O)OC(C)(C)C)CCc2ccc(NS(=O)(=O)c3ccc(-c4ccc(Cl)cc4)cc3)cc2CC1. The molecule has 0 spiro atoms. The van der Waals surface area contributed by atoms with Crippen LogP contribution in [-0.4, -0.2) is 56.9 Å². The molecule has 1 amide bonds. The Bertz CT molecular complexity index is 1420. The molecule has 38 heavy (non-hydrogen) atoms. The highest BCUT2D eigenvalue weighted by Gasteiger charge is 2.45. The summed E-state index contributed by atoms with van der Waals surface area (Å²) < 4.78 is 34.9. The minimum Gasteiger partial charge on any atom is -0.413 e. The molecule has 1 aliphatic rings. The molecule has 0 aliphatic carbocycles. The van der Waals surface area contributed by atoms with Crippen LogP contribution in [0.2, 0.25) is 5.02 Å². The number of quaternary nitrogens is 1. The van der Waals surface area contributed by atoms with Crippen LogP contribution in [0.5, 0.6) is 0 Å². The molecule has 1 atom stereocenters. The van der Waals surface area contributed by atoms with Crippen LogP contribution >= 0.6 is 11.6 Å². The number of benzene rings is 3. The molecule has 4 rings (SSSR count). The highest BCUT2D eigenvalue weighted by atomic mass is 35.5. The molecule has 7 nitrogen and oxygen atoms in total. The van der Waals surface area contributed by atoms with Gasteiger partial charge in [0, 0.05) is 37.6 Å². The smallest absolute Gasteiger partial charge is 0.413 e. The fourth-order valence-electron chi connectivity index (χ4n) is 4.66. The van der Waals surface area contributed by atoms with Gasteiger partial charge in [-0.25, -0.2) is 8.42 Å². The van der Waals surface area contributed by atoms with Crippen molar-refractivity contribution in [1.29, 1.82) is 0 Å². The van der Waals surface area contributed by atoms with Crippen LogP contribution in [0.15, 0.2) is 71.6 Å². The Hall–Kier alpha value is -2.91. The molecule has 0 saturated heterocycles. The van der Waals surface area contributed by atoms with Gasteiger partial charge in [0.2, 0.25) is 0 Å². The maximum Gasteiger partial charge on any atom is 0.536 e. The van der Waals surface area contributed by atoms with Crippen molar-refractivity contribution in [2.24, 2.45) is 0 Å². The Kier molecular flexibility index (Phi) is 7.91. The van der Waals surface area contributed by atoms with Gasteiger partial charge in [-0.2, -0.15) is 9.80 Å². The van der Waals surface area contributed by atoms with Gasteiger partial charge in [-0.3, -0.25) is 4.72 Å². The highest BCUT2D eigenvalue weighted by molar-refractivity contribution is 7.92. The number of anilines is 1. The van der Waals surface area contributed by atoms with Crippen molar-refractivity contribution in [2.45, 2.75) is 44.1 Å². The van der Waals surface area contributed by atoms with Crippen LogP contribution in [0.25, 0.3) is 11.1 Å². The van der Waals surface area contributed by atoms with Gasteiger partial charge in [-0.1, -0.05) is 41.9 Å². The Morgan fingerprint density at radius 1 is 0.895 bits per heavy atom. The zero-order chi connectivity index (χ0) is 27.7. The second-order valence-corrected chi connectivity index (χ2v) is 12.9. The number of rotatable bonds is 5.